The van der Waals surface area contributed by atoms with E-state index in [-0.39, 0.29) is 18.4 Å². The third-order valence-electron chi connectivity index (χ3n) is 2.93. The fourth-order valence-corrected chi connectivity index (χ4v) is 1.41. The van der Waals surface area contributed by atoms with Gasteiger partial charge in [-0.05, 0) is 30.2 Å². The number of terminal acetylenes is 1. The van der Waals surface area contributed by atoms with Gasteiger partial charge in [-0.15, -0.1) is 6.42 Å². The van der Waals surface area contributed by atoms with E-state index >= 15 is 0 Å². The quantitative estimate of drug-likeness (QED) is 0.639. The largest absolute Gasteiger partial charge is 0.462 e. The first-order valence-electron chi connectivity index (χ1n) is 6.57. The van der Waals surface area contributed by atoms with Crippen LogP contribution in [0.2, 0.25) is 0 Å². The summed E-state index contributed by atoms with van der Waals surface area (Å²) in [6.45, 7) is 4.64. The summed E-state index contributed by atoms with van der Waals surface area (Å²) in [5.74, 6) is 2.03. The van der Waals surface area contributed by atoms with E-state index in [2.05, 4.69) is 11.2 Å². The van der Waals surface area contributed by atoms with Gasteiger partial charge in [-0.3, -0.25) is 4.79 Å². The molecule has 0 spiro atoms. The average Bonchev–Trinajstić information content (AvgIpc) is 2.49. The number of amides is 1. The number of hydrogen-bond donors (Lipinski definition) is 1. The summed E-state index contributed by atoms with van der Waals surface area (Å²) in [6.07, 6.45) is 6.02. The zero-order valence-corrected chi connectivity index (χ0v) is 11.8. The van der Waals surface area contributed by atoms with E-state index in [1.807, 2.05) is 13.8 Å². The monoisotopic (exact) mass is 273 g/mol. The first kappa shape index (κ1) is 15.8. The second-order valence-electron chi connectivity index (χ2n) is 4.58. The van der Waals surface area contributed by atoms with Crippen molar-refractivity contribution in [3.63, 3.8) is 0 Å². The zero-order valence-electron chi connectivity index (χ0n) is 11.8. The molecule has 4 nitrogen and oxygen atoms in total. The van der Waals surface area contributed by atoms with Crippen molar-refractivity contribution in [1.29, 1.82) is 0 Å². The predicted molar refractivity (Wildman–Crippen MR) is 77.3 cm³/mol. The Balaban J connectivity index is 2.60. The first-order chi connectivity index (χ1) is 9.58. The normalized spacial score (nSPS) is 11.2. The fraction of sp³-hybridized carbons (Fsp3) is 0.375. The number of carbonyl (C=O) groups excluding carboxylic acids is 2. The molecule has 0 saturated heterocycles. The van der Waals surface area contributed by atoms with Gasteiger partial charge in [0.25, 0.3) is 5.91 Å². The lowest BCUT2D eigenvalue weighted by Gasteiger charge is -2.09. The third-order valence-corrected chi connectivity index (χ3v) is 2.93. The number of nitrogens with one attached hydrogen (secondary N) is 1. The van der Waals surface area contributed by atoms with Gasteiger partial charge in [-0.25, -0.2) is 4.79 Å². The van der Waals surface area contributed by atoms with Crippen LogP contribution in [0.3, 0.4) is 0 Å². The summed E-state index contributed by atoms with van der Waals surface area (Å²) in [7, 11) is 0. The SMILES string of the molecule is C#CCNC(=O)c1ccc(C(=O)OC[C@@H](C)CC)cc1. The van der Waals surface area contributed by atoms with Crippen LogP contribution in [-0.2, 0) is 4.74 Å². The van der Waals surface area contributed by atoms with E-state index in [4.69, 9.17) is 11.2 Å². The summed E-state index contributed by atoms with van der Waals surface area (Å²) in [5, 5.41) is 2.55. The maximum atomic E-state index is 11.8. The Bertz CT molecular complexity index is 499. The van der Waals surface area contributed by atoms with Gasteiger partial charge in [0.2, 0.25) is 0 Å². The molecule has 0 bridgehead atoms. The minimum absolute atomic E-state index is 0.178. The van der Waals surface area contributed by atoms with Crippen LogP contribution >= 0.6 is 0 Å². The molecule has 1 atom stereocenters. The molecule has 20 heavy (non-hydrogen) atoms. The molecule has 0 aliphatic heterocycles. The Labute approximate surface area is 119 Å². The lowest BCUT2D eigenvalue weighted by Crippen LogP contribution is -2.23. The van der Waals surface area contributed by atoms with Crippen LogP contribution in [0.1, 0.15) is 41.0 Å². The number of carbonyl (C=O) groups is 2. The molecule has 4 heteroatoms. The number of benzene rings is 1. The molecule has 106 valence electrons. The minimum atomic E-state index is -0.374. The summed E-state index contributed by atoms with van der Waals surface area (Å²) in [5.41, 5.74) is 0.889. The highest BCUT2D eigenvalue weighted by Crippen LogP contribution is 2.08. The molecule has 1 aromatic rings. The van der Waals surface area contributed by atoms with Gasteiger partial charge in [0, 0.05) is 5.56 Å². The van der Waals surface area contributed by atoms with Crippen LogP contribution in [0.5, 0.6) is 0 Å². The number of ether oxygens (including phenoxy) is 1. The summed E-state index contributed by atoms with van der Waals surface area (Å²) < 4.78 is 5.18. The minimum Gasteiger partial charge on any atom is -0.462 e. The lowest BCUT2D eigenvalue weighted by molar-refractivity contribution is 0.0447. The van der Waals surface area contributed by atoms with Crippen LogP contribution in [0.15, 0.2) is 24.3 Å². The molecule has 0 radical (unpaired) electrons. The van der Waals surface area contributed by atoms with Gasteiger partial charge in [-0.2, -0.15) is 0 Å². The van der Waals surface area contributed by atoms with E-state index in [1.165, 1.54) is 0 Å². The highest BCUT2D eigenvalue weighted by molar-refractivity contribution is 5.96. The smallest absolute Gasteiger partial charge is 0.338 e. The Morgan fingerprint density at radius 3 is 2.45 bits per heavy atom. The molecule has 1 aromatic carbocycles. The number of rotatable bonds is 6. The van der Waals surface area contributed by atoms with Gasteiger partial charge < -0.3 is 10.1 Å². The summed E-state index contributed by atoms with van der Waals surface area (Å²) in [4.78, 5) is 23.4. The van der Waals surface area contributed by atoms with Crippen molar-refractivity contribution >= 4 is 11.9 Å². The second kappa shape index (κ2) is 8.00. The summed E-state index contributed by atoms with van der Waals surface area (Å²) >= 11 is 0. The van der Waals surface area contributed by atoms with Gasteiger partial charge in [0.05, 0.1) is 18.7 Å². The van der Waals surface area contributed by atoms with Crippen LogP contribution in [-0.4, -0.2) is 25.0 Å². The number of hydrogen-bond acceptors (Lipinski definition) is 3. The molecule has 0 aromatic heterocycles. The summed E-state index contributed by atoms with van der Waals surface area (Å²) in [6, 6.07) is 6.30. The van der Waals surface area contributed by atoms with Crippen LogP contribution in [0.25, 0.3) is 0 Å². The second-order valence-corrected chi connectivity index (χ2v) is 4.58. The van der Waals surface area contributed by atoms with Gasteiger partial charge in [0.15, 0.2) is 0 Å². The van der Waals surface area contributed by atoms with E-state index in [0.29, 0.717) is 23.7 Å². The Morgan fingerprint density at radius 1 is 1.30 bits per heavy atom. The van der Waals surface area contributed by atoms with Gasteiger partial charge in [-0.1, -0.05) is 26.2 Å². The van der Waals surface area contributed by atoms with E-state index in [0.717, 1.165) is 6.42 Å². The highest BCUT2D eigenvalue weighted by Gasteiger charge is 2.10. The molecule has 1 rings (SSSR count). The Morgan fingerprint density at radius 2 is 1.90 bits per heavy atom. The van der Waals surface area contributed by atoms with Gasteiger partial charge >= 0.3 is 5.97 Å². The van der Waals surface area contributed by atoms with Crippen molar-refractivity contribution in [2.75, 3.05) is 13.2 Å². The van der Waals surface area contributed by atoms with Crippen LogP contribution < -0.4 is 5.32 Å². The van der Waals surface area contributed by atoms with Crippen molar-refractivity contribution < 1.29 is 14.3 Å². The molecular formula is C16H19NO3. The van der Waals surface area contributed by atoms with Crippen molar-refractivity contribution in [3.8, 4) is 12.3 Å². The Kier molecular flexibility index (Phi) is 6.31. The third kappa shape index (κ3) is 4.77. The molecule has 0 aliphatic carbocycles. The first-order valence-corrected chi connectivity index (χ1v) is 6.57. The molecule has 1 amide bonds. The van der Waals surface area contributed by atoms with Gasteiger partial charge in [0.1, 0.15) is 0 Å². The molecular weight excluding hydrogens is 254 g/mol. The topological polar surface area (TPSA) is 55.4 Å². The zero-order chi connectivity index (χ0) is 15.0. The maximum absolute atomic E-state index is 11.8. The standard InChI is InChI=1S/C16H19NO3/c1-4-10-17-15(18)13-6-8-14(9-7-13)16(19)20-11-12(3)5-2/h1,6-9,12H,5,10-11H2,2-3H3,(H,17,18)/t12-/m0/s1. The van der Waals surface area contributed by atoms with Crippen molar-refractivity contribution in [2.24, 2.45) is 5.92 Å². The molecule has 0 heterocycles. The van der Waals surface area contributed by atoms with Crippen LogP contribution in [0, 0.1) is 18.3 Å². The van der Waals surface area contributed by atoms with Crippen molar-refractivity contribution in [2.45, 2.75) is 20.3 Å². The molecule has 1 N–H and O–H groups in total. The van der Waals surface area contributed by atoms with E-state index < -0.39 is 0 Å². The fourth-order valence-electron chi connectivity index (χ4n) is 1.41. The Hall–Kier alpha value is -2.28. The predicted octanol–water partition coefficient (Wildman–Crippen LogP) is 2.25. The lowest BCUT2D eigenvalue weighted by atomic mass is 10.1. The highest BCUT2D eigenvalue weighted by atomic mass is 16.5. The number of esters is 1. The van der Waals surface area contributed by atoms with Crippen molar-refractivity contribution in [1.82, 2.24) is 5.32 Å². The average molecular weight is 273 g/mol. The molecule has 0 fully saturated rings. The van der Waals surface area contributed by atoms with E-state index in [9.17, 15) is 9.59 Å². The van der Waals surface area contributed by atoms with Crippen molar-refractivity contribution in [3.05, 3.63) is 35.4 Å². The molecule has 0 saturated carbocycles. The van der Waals surface area contributed by atoms with Crippen LogP contribution in [0.4, 0.5) is 0 Å². The maximum Gasteiger partial charge on any atom is 0.338 e. The molecule has 0 unspecified atom stereocenters. The van der Waals surface area contributed by atoms with E-state index in [1.54, 1.807) is 24.3 Å². The molecule has 0 aliphatic rings.